The molecule has 7 heteroatoms. The molecule has 0 aliphatic rings. The van der Waals surface area contributed by atoms with Gasteiger partial charge in [-0.2, -0.15) is 0 Å². The van der Waals surface area contributed by atoms with Crippen LogP contribution in [0.25, 0.3) is 21.2 Å². The van der Waals surface area contributed by atoms with Gasteiger partial charge in [0.2, 0.25) is 5.76 Å². The summed E-state index contributed by atoms with van der Waals surface area (Å²) in [5.74, 6) is -0.315. The normalized spacial score (nSPS) is 11.1. The van der Waals surface area contributed by atoms with Gasteiger partial charge in [0.25, 0.3) is 5.78 Å². The van der Waals surface area contributed by atoms with Crippen molar-refractivity contribution in [1.82, 2.24) is 4.98 Å². The van der Waals surface area contributed by atoms with E-state index < -0.39 is 5.97 Å². The quantitative estimate of drug-likeness (QED) is 0.242. The Balaban J connectivity index is 1.44. The van der Waals surface area contributed by atoms with Crippen LogP contribution in [0, 0.1) is 0 Å². The van der Waals surface area contributed by atoms with E-state index in [0.717, 1.165) is 15.6 Å². The third kappa shape index (κ3) is 2.87. The van der Waals surface area contributed by atoms with E-state index in [1.807, 2.05) is 24.3 Å². The van der Waals surface area contributed by atoms with Crippen LogP contribution in [-0.4, -0.2) is 16.7 Å². The number of para-hydroxylation sites is 1. The number of hydrogen-bond donors (Lipinski definition) is 0. The van der Waals surface area contributed by atoms with Gasteiger partial charge in [-0.15, -0.1) is 11.3 Å². The summed E-state index contributed by atoms with van der Waals surface area (Å²) in [6.07, 6.45) is 1.40. The maximum atomic E-state index is 12.8. The second kappa shape index (κ2) is 6.47. The first kappa shape index (κ1) is 16.5. The van der Waals surface area contributed by atoms with Crippen molar-refractivity contribution in [3.63, 3.8) is 0 Å². The van der Waals surface area contributed by atoms with Crippen LogP contribution in [-0.2, 0) is 0 Å². The van der Waals surface area contributed by atoms with E-state index in [1.54, 1.807) is 30.3 Å². The van der Waals surface area contributed by atoms with Gasteiger partial charge < -0.3 is 13.6 Å². The zero-order valence-electron chi connectivity index (χ0n) is 14.2. The van der Waals surface area contributed by atoms with Crippen LogP contribution in [0.3, 0.4) is 0 Å². The summed E-state index contributed by atoms with van der Waals surface area (Å²) in [6.45, 7) is 0. The minimum atomic E-state index is -0.610. The lowest BCUT2D eigenvalue weighted by molar-refractivity contribution is 0.0701. The van der Waals surface area contributed by atoms with E-state index in [2.05, 4.69) is 4.98 Å². The Morgan fingerprint density at radius 2 is 1.86 bits per heavy atom. The van der Waals surface area contributed by atoms with Gasteiger partial charge in [-0.25, -0.2) is 9.78 Å². The third-order valence-corrected chi connectivity index (χ3v) is 5.17. The SMILES string of the molecule is O=C(Oc1ccc2cc(C(=O)c3nc4ccccc4s3)oc2c1)c1ccco1. The number of ketones is 1. The summed E-state index contributed by atoms with van der Waals surface area (Å²) < 4.78 is 16.9. The van der Waals surface area contributed by atoms with Crippen molar-refractivity contribution in [2.45, 2.75) is 0 Å². The molecule has 0 radical (unpaired) electrons. The predicted octanol–water partition coefficient (Wildman–Crippen LogP) is 5.09. The molecule has 136 valence electrons. The molecule has 0 aliphatic carbocycles. The molecule has 0 saturated carbocycles. The predicted molar refractivity (Wildman–Crippen MR) is 103 cm³/mol. The number of aromatic nitrogens is 1. The number of fused-ring (bicyclic) bond motifs is 2. The molecule has 0 N–H and O–H groups in total. The summed E-state index contributed by atoms with van der Waals surface area (Å²) in [6, 6.07) is 17.2. The Morgan fingerprint density at radius 1 is 0.964 bits per heavy atom. The third-order valence-electron chi connectivity index (χ3n) is 4.14. The van der Waals surface area contributed by atoms with Gasteiger partial charge in [-0.05, 0) is 42.5 Å². The maximum absolute atomic E-state index is 12.8. The Morgan fingerprint density at radius 3 is 2.68 bits per heavy atom. The number of ether oxygens (including phenoxy) is 1. The Kier molecular flexibility index (Phi) is 3.80. The maximum Gasteiger partial charge on any atom is 0.379 e. The van der Waals surface area contributed by atoms with Gasteiger partial charge in [-0.3, -0.25) is 4.79 Å². The van der Waals surface area contributed by atoms with Crippen LogP contribution in [0.15, 0.2) is 75.8 Å². The van der Waals surface area contributed by atoms with Crippen LogP contribution < -0.4 is 4.74 Å². The first-order valence-corrected chi connectivity index (χ1v) is 9.18. The zero-order chi connectivity index (χ0) is 19.1. The number of benzene rings is 2. The van der Waals surface area contributed by atoms with Gasteiger partial charge in [0.1, 0.15) is 11.3 Å². The van der Waals surface area contributed by atoms with Gasteiger partial charge in [0.15, 0.2) is 10.8 Å². The molecule has 6 nitrogen and oxygen atoms in total. The smallest absolute Gasteiger partial charge is 0.379 e. The van der Waals surface area contributed by atoms with Gasteiger partial charge in [0, 0.05) is 11.5 Å². The van der Waals surface area contributed by atoms with Crippen LogP contribution in [0.1, 0.15) is 26.1 Å². The number of furan rings is 2. The minimum absolute atomic E-state index is 0.103. The van der Waals surface area contributed by atoms with E-state index in [9.17, 15) is 9.59 Å². The average Bonchev–Trinajstić information content (AvgIpc) is 3.45. The molecule has 5 aromatic rings. The fraction of sp³-hybridized carbons (Fsp3) is 0. The first-order chi connectivity index (χ1) is 13.7. The summed E-state index contributed by atoms with van der Waals surface area (Å²) in [5.41, 5.74) is 1.22. The molecule has 0 saturated heterocycles. The largest absolute Gasteiger partial charge is 0.457 e. The second-order valence-corrected chi connectivity index (χ2v) is 7.02. The molecular formula is C21H11NO5S. The molecule has 0 bridgehead atoms. The van der Waals surface area contributed by atoms with Crippen molar-refractivity contribution in [2.75, 3.05) is 0 Å². The number of carbonyl (C=O) groups is 2. The number of hydrogen-bond acceptors (Lipinski definition) is 7. The Labute approximate surface area is 162 Å². The molecule has 0 unspecified atom stereocenters. The topological polar surface area (TPSA) is 82.5 Å². The molecule has 28 heavy (non-hydrogen) atoms. The number of rotatable bonds is 4. The zero-order valence-corrected chi connectivity index (χ0v) is 15.1. The molecule has 0 fully saturated rings. The molecule has 0 amide bonds. The van der Waals surface area contributed by atoms with E-state index in [-0.39, 0.29) is 17.3 Å². The van der Waals surface area contributed by atoms with Crippen LogP contribution in [0.2, 0.25) is 0 Å². The minimum Gasteiger partial charge on any atom is -0.457 e. The van der Waals surface area contributed by atoms with Crippen molar-refractivity contribution in [1.29, 1.82) is 0 Å². The van der Waals surface area contributed by atoms with Crippen molar-refractivity contribution < 1.29 is 23.2 Å². The highest BCUT2D eigenvalue weighted by Crippen LogP contribution is 2.28. The number of nitrogens with zero attached hydrogens (tertiary/aromatic N) is 1. The van der Waals surface area contributed by atoms with E-state index in [4.69, 9.17) is 13.6 Å². The standard InChI is InChI=1S/C21H11NO5S/c23-19(20-22-14-4-1-2-6-18(14)28-20)17-10-12-7-8-13(11-16(12)27-17)26-21(24)15-5-3-9-25-15/h1-11H. The molecule has 3 aromatic heterocycles. The van der Waals surface area contributed by atoms with Crippen LogP contribution in [0.5, 0.6) is 5.75 Å². The monoisotopic (exact) mass is 389 g/mol. The number of thiazole rings is 1. The Hall–Kier alpha value is -3.71. The summed E-state index contributed by atoms with van der Waals surface area (Å²) >= 11 is 1.32. The highest BCUT2D eigenvalue weighted by molar-refractivity contribution is 7.20. The fourth-order valence-electron chi connectivity index (χ4n) is 2.81. The van der Waals surface area contributed by atoms with Crippen molar-refractivity contribution in [3.05, 3.63) is 83.5 Å². The molecule has 0 aliphatic heterocycles. The molecule has 0 spiro atoms. The van der Waals surface area contributed by atoms with E-state index in [1.165, 1.54) is 23.7 Å². The van der Waals surface area contributed by atoms with Crippen molar-refractivity contribution in [2.24, 2.45) is 0 Å². The number of esters is 1. The van der Waals surface area contributed by atoms with E-state index in [0.29, 0.717) is 16.3 Å². The highest BCUT2D eigenvalue weighted by atomic mass is 32.1. The Bertz CT molecular complexity index is 1300. The first-order valence-electron chi connectivity index (χ1n) is 8.37. The molecule has 0 atom stereocenters. The number of carbonyl (C=O) groups excluding carboxylic acids is 2. The average molecular weight is 389 g/mol. The highest BCUT2D eigenvalue weighted by Gasteiger charge is 2.19. The summed E-state index contributed by atoms with van der Waals surface area (Å²) in [7, 11) is 0. The van der Waals surface area contributed by atoms with Gasteiger partial charge in [0.05, 0.1) is 16.5 Å². The molecule has 3 heterocycles. The summed E-state index contributed by atoms with van der Waals surface area (Å²) in [5, 5.41) is 1.09. The van der Waals surface area contributed by atoms with Gasteiger partial charge >= 0.3 is 5.97 Å². The molecular weight excluding hydrogens is 378 g/mol. The van der Waals surface area contributed by atoms with Crippen LogP contribution in [0.4, 0.5) is 0 Å². The molecule has 5 rings (SSSR count). The fourth-order valence-corrected chi connectivity index (χ4v) is 3.72. The van der Waals surface area contributed by atoms with Crippen LogP contribution >= 0.6 is 11.3 Å². The lowest BCUT2D eigenvalue weighted by Gasteiger charge is -2.01. The van der Waals surface area contributed by atoms with Crippen molar-refractivity contribution in [3.8, 4) is 5.75 Å². The molecule has 2 aromatic carbocycles. The lowest BCUT2D eigenvalue weighted by Crippen LogP contribution is -2.06. The lowest BCUT2D eigenvalue weighted by atomic mass is 10.2. The second-order valence-electron chi connectivity index (χ2n) is 5.99. The van der Waals surface area contributed by atoms with E-state index >= 15 is 0 Å². The van der Waals surface area contributed by atoms with Gasteiger partial charge in [-0.1, -0.05) is 12.1 Å². The van der Waals surface area contributed by atoms with Crippen molar-refractivity contribution >= 4 is 44.3 Å². The summed E-state index contributed by atoms with van der Waals surface area (Å²) in [4.78, 5) is 29.1.